The first-order valence-corrected chi connectivity index (χ1v) is 5.51. The predicted molar refractivity (Wildman–Crippen MR) is 62.3 cm³/mol. The van der Waals surface area contributed by atoms with Crippen molar-refractivity contribution in [3.05, 3.63) is 32.6 Å². The van der Waals surface area contributed by atoms with E-state index in [1.54, 1.807) is 4.52 Å². The third kappa shape index (κ3) is 1.44. The molecule has 68 valence electrons. The van der Waals surface area contributed by atoms with Crippen LogP contribution in [0.1, 0.15) is 12.5 Å². The molecule has 0 bridgehead atoms. The minimum absolute atomic E-state index is 0.662. The number of nitrogens with zero attached hydrogens (tertiary/aromatic N) is 2. The lowest BCUT2D eigenvalue weighted by molar-refractivity contribution is 0.945. The van der Waals surface area contributed by atoms with Gasteiger partial charge in [-0.05, 0) is 41.1 Å². The zero-order valence-corrected chi connectivity index (χ0v) is 10.0. The molecule has 0 saturated heterocycles. The summed E-state index contributed by atoms with van der Waals surface area (Å²) in [5.41, 5.74) is 2.38. The largest absolute Gasteiger partial charge is 0.221 e. The minimum Gasteiger partial charge on any atom is -0.221 e. The van der Waals surface area contributed by atoms with Crippen molar-refractivity contribution in [1.82, 2.24) is 9.61 Å². The Morgan fingerprint density at radius 2 is 2.31 bits per heavy atom. The van der Waals surface area contributed by atoms with Crippen LogP contribution in [0.5, 0.6) is 0 Å². The molecule has 0 radical (unpaired) electrons. The third-order valence-electron chi connectivity index (χ3n) is 2.02. The lowest BCUT2D eigenvalue weighted by Crippen LogP contribution is -1.87. The molecule has 0 aliphatic heterocycles. The first-order chi connectivity index (χ1) is 6.24. The van der Waals surface area contributed by atoms with E-state index in [9.17, 15) is 0 Å². The van der Waals surface area contributed by atoms with Crippen LogP contribution in [-0.4, -0.2) is 9.61 Å². The van der Waals surface area contributed by atoms with Crippen LogP contribution >= 0.6 is 34.2 Å². The summed E-state index contributed by atoms with van der Waals surface area (Å²) in [6.07, 6.45) is 0.988. The highest BCUT2D eigenvalue weighted by molar-refractivity contribution is 14.1. The Morgan fingerprint density at radius 1 is 1.54 bits per heavy atom. The van der Waals surface area contributed by atoms with Crippen LogP contribution < -0.4 is 0 Å². The maximum atomic E-state index is 6.00. The normalized spacial score (nSPS) is 11.0. The monoisotopic (exact) mass is 306 g/mol. The summed E-state index contributed by atoms with van der Waals surface area (Å²) < 4.78 is 2.82. The standard InChI is InChI=1S/C9H8ClIN2/c1-2-6-7-4-3-5-8(10)13(7)12-9(6)11/h3-5H,2H2,1H3. The van der Waals surface area contributed by atoms with Crippen LogP contribution in [0.2, 0.25) is 5.15 Å². The van der Waals surface area contributed by atoms with Gasteiger partial charge in [0.05, 0.1) is 5.52 Å². The predicted octanol–water partition coefficient (Wildman–Crippen LogP) is 3.15. The zero-order valence-electron chi connectivity index (χ0n) is 7.09. The molecular formula is C9H8ClIN2. The molecule has 0 aliphatic carbocycles. The molecule has 0 amide bonds. The maximum Gasteiger partial charge on any atom is 0.131 e. The lowest BCUT2D eigenvalue weighted by Gasteiger charge is -1.96. The van der Waals surface area contributed by atoms with Gasteiger partial charge in [-0.3, -0.25) is 0 Å². The second-order valence-corrected chi connectivity index (χ2v) is 4.18. The van der Waals surface area contributed by atoms with Crippen molar-refractivity contribution in [3.8, 4) is 0 Å². The van der Waals surface area contributed by atoms with Crippen molar-refractivity contribution in [2.75, 3.05) is 0 Å². The van der Waals surface area contributed by atoms with Gasteiger partial charge in [-0.25, -0.2) is 4.52 Å². The highest BCUT2D eigenvalue weighted by atomic mass is 127. The van der Waals surface area contributed by atoms with Gasteiger partial charge in [-0.15, -0.1) is 0 Å². The Labute approximate surface area is 95.0 Å². The average Bonchev–Trinajstić information content (AvgIpc) is 2.43. The van der Waals surface area contributed by atoms with Crippen LogP contribution in [0.3, 0.4) is 0 Å². The zero-order chi connectivity index (χ0) is 9.42. The Kier molecular flexibility index (Phi) is 2.47. The lowest BCUT2D eigenvalue weighted by atomic mass is 10.2. The third-order valence-corrected chi connectivity index (χ3v) is 3.17. The molecule has 2 aromatic rings. The fourth-order valence-electron chi connectivity index (χ4n) is 1.39. The minimum atomic E-state index is 0.662. The smallest absolute Gasteiger partial charge is 0.131 e. The van der Waals surface area contributed by atoms with Gasteiger partial charge in [-0.2, -0.15) is 5.10 Å². The van der Waals surface area contributed by atoms with Crippen molar-refractivity contribution in [1.29, 1.82) is 0 Å². The molecule has 0 aliphatic rings. The molecule has 2 heterocycles. The van der Waals surface area contributed by atoms with E-state index in [1.165, 1.54) is 5.56 Å². The first-order valence-electron chi connectivity index (χ1n) is 4.05. The highest BCUT2D eigenvalue weighted by Crippen LogP contribution is 2.21. The Morgan fingerprint density at radius 3 is 3.00 bits per heavy atom. The van der Waals surface area contributed by atoms with Crippen molar-refractivity contribution in [3.63, 3.8) is 0 Å². The molecule has 4 heteroatoms. The van der Waals surface area contributed by atoms with Crippen LogP contribution in [0.15, 0.2) is 18.2 Å². The molecule has 0 saturated carbocycles. The summed E-state index contributed by atoms with van der Waals surface area (Å²) >= 11 is 8.24. The van der Waals surface area contributed by atoms with Crippen LogP contribution in [0, 0.1) is 3.70 Å². The number of fused-ring (bicyclic) bond motifs is 1. The molecule has 0 unspecified atom stereocenters. The first kappa shape index (κ1) is 9.27. The molecule has 0 aromatic carbocycles. The van der Waals surface area contributed by atoms with Crippen molar-refractivity contribution in [2.24, 2.45) is 0 Å². The number of halogens is 2. The molecule has 0 fully saturated rings. The molecule has 2 nitrogen and oxygen atoms in total. The van der Waals surface area contributed by atoms with Crippen molar-refractivity contribution >= 4 is 39.7 Å². The number of rotatable bonds is 1. The van der Waals surface area contributed by atoms with E-state index in [4.69, 9.17) is 11.6 Å². The summed E-state index contributed by atoms with van der Waals surface area (Å²) in [6, 6.07) is 5.84. The van der Waals surface area contributed by atoms with Crippen molar-refractivity contribution in [2.45, 2.75) is 13.3 Å². The summed E-state index contributed by atoms with van der Waals surface area (Å²) in [4.78, 5) is 0. The van der Waals surface area contributed by atoms with E-state index in [2.05, 4.69) is 34.6 Å². The second kappa shape index (κ2) is 3.46. The highest BCUT2D eigenvalue weighted by Gasteiger charge is 2.09. The quantitative estimate of drug-likeness (QED) is 0.584. The number of hydrogen-bond acceptors (Lipinski definition) is 1. The number of aryl methyl sites for hydroxylation is 1. The van der Waals surface area contributed by atoms with Gasteiger partial charge in [0.15, 0.2) is 0 Å². The number of pyridine rings is 1. The molecule has 2 aromatic heterocycles. The van der Waals surface area contributed by atoms with E-state index >= 15 is 0 Å². The Hall–Kier alpha value is -0.290. The fraction of sp³-hybridized carbons (Fsp3) is 0.222. The van der Waals surface area contributed by atoms with Gasteiger partial charge in [0.25, 0.3) is 0 Å². The van der Waals surface area contributed by atoms with Crippen LogP contribution in [0.25, 0.3) is 5.52 Å². The Balaban J connectivity index is 2.86. The molecule has 0 N–H and O–H groups in total. The number of aromatic nitrogens is 2. The van der Waals surface area contributed by atoms with E-state index in [1.807, 2.05) is 18.2 Å². The summed E-state index contributed by atoms with van der Waals surface area (Å²) in [5.74, 6) is 0. The van der Waals surface area contributed by atoms with Crippen LogP contribution in [0.4, 0.5) is 0 Å². The maximum absolute atomic E-state index is 6.00. The summed E-state index contributed by atoms with van der Waals surface area (Å²) in [5, 5.41) is 5.02. The molecule has 0 atom stereocenters. The van der Waals surface area contributed by atoms with Gasteiger partial charge in [0, 0.05) is 5.56 Å². The number of hydrogen-bond donors (Lipinski definition) is 0. The van der Waals surface area contributed by atoms with Gasteiger partial charge < -0.3 is 0 Å². The summed E-state index contributed by atoms with van der Waals surface area (Å²) in [7, 11) is 0. The van der Waals surface area contributed by atoms with Gasteiger partial charge >= 0.3 is 0 Å². The summed E-state index contributed by atoms with van der Waals surface area (Å²) in [6.45, 7) is 2.13. The molecule has 0 spiro atoms. The fourth-order valence-corrected chi connectivity index (χ4v) is 2.46. The van der Waals surface area contributed by atoms with Crippen molar-refractivity contribution < 1.29 is 0 Å². The van der Waals surface area contributed by atoms with E-state index in [0.717, 1.165) is 15.6 Å². The van der Waals surface area contributed by atoms with Gasteiger partial charge in [0.1, 0.15) is 8.85 Å². The van der Waals surface area contributed by atoms with E-state index < -0.39 is 0 Å². The van der Waals surface area contributed by atoms with Gasteiger partial charge in [0.2, 0.25) is 0 Å². The molecule has 2 rings (SSSR count). The van der Waals surface area contributed by atoms with E-state index in [0.29, 0.717) is 5.15 Å². The second-order valence-electron chi connectivity index (χ2n) is 2.77. The Bertz CT molecular complexity index is 450. The van der Waals surface area contributed by atoms with Gasteiger partial charge in [-0.1, -0.05) is 24.6 Å². The van der Waals surface area contributed by atoms with Crippen LogP contribution in [-0.2, 0) is 6.42 Å². The molecule has 13 heavy (non-hydrogen) atoms. The van der Waals surface area contributed by atoms with E-state index in [-0.39, 0.29) is 0 Å². The molecular weight excluding hydrogens is 298 g/mol. The topological polar surface area (TPSA) is 17.3 Å². The average molecular weight is 307 g/mol. The SMILES string of the molecule is CCc1c(I)nn2c(Cl)cccc12.